The molecule has 1 aliphatic rings. The quantitative estimate of drug-likeness (QED) is 0.873. The van der Waals surface area contributed by atoms with Crippen LogP contribution in [0.25, 0.3) is 0 Å². The number of hydrogen-bond donors (Lipinski definition) is 2. The van der Waals surface area contributed by atoms with Gasteiger partial charge in [-0.05, 0) is 38.9 Å². The largest absolute Gasteiger partial charge is 0.367 e. The molecule has 1 aromatic rings. The third-order valence-electron chi connectivity index (χ3n) is 3.58. The van der Waals surface area contributed by atoms with Crippen LogP contribution < -0.4 is 10.6 Å². The second-order valence-corrected chi connectivity index (χ2v) is 5.67. The maximum Gasteiger partial charge on any atom is 0.254 e. The Morgan fingerprint density at radius 3 is 2.70 bits per heavy atom. The van der Waals surface area contributed by atoms with Crippen LogP contribution in [0.15, 0.2) is 6.07 Å². The fourth-order valence-corrected chi connectivity index (χ4v) is 2.44. The molecule has 0 bridgehead atoms. The van der Waals surface area contributed by atoms with Gasteiger partial charge in [0.1, 0.15) is 5.82 Å². The van der Waals surface area contributed by atoms with Crippen LogP contribution in [0.2, 0.25) is 0 Å². The van der Waals surface area contributed by atoms with E-state index < -0.39 is 0 Å². The molecule has 1 amide bonds. The smallest absolute Gasteiger partial charge is 0.254 e. The second-order valence-electron chi connectivity index (χ2n) is 5.67. The van der Waals surface area contributed by atoms with Gasteiger partial charge in [0, 0.05) is 38.3 Å². The van der Waals surface area contributed by atoms with Gasteiger partial charge in [-0.25, -0.2) is 4.98 Å². The van der Waals surface area contributed by atoms with Crippen LogP contribution in [0.3, 0.4) is 0 Å². The van der Waals surface area contributed by atoms with Crippen molar-refractivity contribution in [2.45, 2.75) is 32.7 Å². The summed E-state index contributed by atoms with van der Waals surface area (Å²) in [4.78, 5) is 19.1. The van der Waals surface area contributed by atoms with E-state index in [0.717, 1.165) is 31.6 Å². The summed E-state index contributed by atoms with van der Waals surface area (Å²) in [6.45, 7) is 6.13. The molecule has 110 valence electrons. The lowest BCUT2D eigenvalue weighted by molar-refractivity contribution is 0.0963. The molecule has 0 fully saturated rings. The van der Waals surface area contributed by atoms with E-state index in [9.17, 15) is 4.79 Å². The number of fused-ring (bicyclic) bond motifs is 1. The number of amides is 1. The van der Waals surface area contributed by atoms with Crippen molar-refractivity contribution in [3.8, 4) is 0 Å². The molecule has 20 heavy (non-hydrogen) atoms. The van der Waals surface area contributed by atoms with Crippen molar-refractivity contribution >= 4 is 11.7 Å². The molecule has 0 spiro atoms. The third kappa shape index (κ3) is 3.28. The molecule has 0 unspecified atom stereocenters. The minimum absolute atomic E-state index is 0.0824. The topological polar surface area (TPSA) is 57.3 Å². The van der Waals surface area contributed by atoms with Crippen LogP contribution in [0.4, 0.5) is 5.82 Å². The minimum Gasteiger partial charge on any atom is -0.367 e. The van der Waals surface area contributed by atoms with Gasteiger partial charge in [-0.15, -0.1) is 0 Å². The van der Waals surface area contributed by atoms with E-state index in [1.54, 1.807) is 7.05 Å². The Morgan fingerprint density at radius 1 is 1.35 bits per heavy atom. The van der Waals surface area contributed by atoms with Gasteiger partial charge >= 0.3 is 0 Å². The number of carbonyl (C=O) groups is 1. The van der Waals surface area contributed by atoms with E-state index in [-0.39, 0.29) is 11.9 Å². The number of hydrogen-bond acceptors (Lipinski definition) is 4. The highest BCUT2D eigenvalue weighted by molar-refractivity contribution is 5.98. The van der Waals surface area contributed by atoms with Crippen molar-refractivity contribution in [3.63, 3.8) is 0 Å². The lowest BCUT2D eigenvalue weighted by Crippen LogP contribution is -2.23. The molecule has 0 radical (unpaired) electrons. The molecule has 2 rings (SSSR count). The number of likely N-dealkylation sites (N-methyl/N-ethyl adjacent to an activating group) is 1. The van der Waals surface area contributed by atoms with Gasteiger partial charge in [0.25, 0.3) is 5.91 Å². The summed E-state index contributed by atoms with van der Waals surface area (Å²) in [5, 5.41) is 5.98. The highest BCUT2D eigenvalue weighted by Crippen LogP contribution is 2.22. The molecule has 2 N–H and O–H groups in total. The second kappa shape index (κ2) is 6.22. The number of rotatable bonds is 3. The Morgan fingerprint density at radius 2 is 2.05 bits per heavy atom. The number of anilines is 1. The fourth-order valence-electron chi connectivity index (χ4n) is 2.44. The number of pyridine rings is 1. The Balaban J connectivity index is 2.42. The average Bonchev–Trinajstić information content (AvgIpc) is 2.59. The maximum atomic E-state index is 12.1. The van der Waals surface area contributed by atoms with Gasteiger partial charge in [0.2, 0.25) is 0 Å². The zero-order chi connectivity index (χ0) is 14.7. The van der Waals surface area contributed by atoms with Gasteiger partial charge in [-0.1, -0.05) is 0 Å². The zero-order valence-corrected chi connectivity index (χ0v) is 12.8. The summed E-state index contributed by atoms with van der Waals surface area (Å²) < 4.78 is 0. The molecule has 0 atom stereocenters. The number of nitrogens with one attached hydrogen (secondary N) is 2. The van der Waals surface area contributed by atoms with Crippen LogP contribution in [-0.2, 0) is 12.8 Å². The predicted molar refractivity (Wildman–Crippen MR) is 81.3 cm³/mol. The van der Waals surface area contributed by atoms with Gasteiger partial charge in [-0.2, -0.15) is 0 Å². The van der Waals surface area contributed by atoms with Crippen molar-refractivity contribution in [1.82, 2.24) is 15.2 Å². The minimum atomic E-state index is -0.0824. The number of carbonyl (C=O) groups excluding carboxylic acids is 1. The normalized spacial score (nSPS) is 15.7. The summed E-state index contributed by atoms with van der Waals surface area (Å²) in [6, 6.07) is 2.25. The Labute approximate surface area is 120 Å². The van der Waals surface area contributed by atoms with E-state index in [1.807, 2.05) is 6.07 Å². The van der Waals surface area contributed by atoms with Gasteiger partial charge in [0.15, 0.2) is 0 Å². The average molecular weight is 276 g/mol. The van der Waals surface area contributed by atoms with Crippen LogP contribution in [0.1, 0.15) is 35.5 Å². The molecule has 5 nitrogen and oxygen atoms in total. The number of nitrogens with zero attached hydrogens (tertiary/aromatic N) is 2. The molecule has 1 aliphatic heterocycles. The first-order valence-electron chi connectivity index (χ1n) is 7.21. The molecular formula is C15H24N4O. The van der Waals surface area contributed by atoms with Crippen molar-refractivity contribution in [1.29, 1.82) is 0 Å². The monoisotopic (exact) mass is 276 g/mol. The van der Waals surface area contributed by atoms with E-state index in [2.05, 4.69) is 36.4 Å². The van der Waals surface area contributed by atoms with Gasteiger partial charge in [0.05, 0.1) is 5.56 Å². The lowest BCUT2D eigenvalue weighted by Gasteiger charge is -2.16. The molecule has 0 aromatic carbocycles. The molecule has 0 saturated heterocycles. The standard InChI is InChI=1S/C15H24N4O/c1-10(2)17-14-12(15(20)16-3)9-11-5-7-19(4)8-6-13(11)18-14/h9-10H,5-8H2,1-4H3,(H,16,20)(H,17,18). The van der Waals surface area contributed by atoms with Crippen molar-refractivity contribution in [2.24, 2.45) is 0 Å². The van der Waals surface area contributed by atoms with E-state index in [1.165, 1.54) is 5.56 Å². The number of aromatic nitrogens is 1. The summed E-state index contributed by atoms with van der Waals surface area (Å²) in [6.07, 6.45) is 1.89. The van der Waals surface area contributed by atoms with Crippen LogP contribution in [-0.4, -0.2) is 49.0 Å². The molecule has 0 aliphatic carbocycles. The Hall–Kier alpha value is -1.62. The summed E-state index contributed by atoms with van der Waals surface area (Å²) >= 11 is 0. The van der Waals surface area contributed by atoms with Crippen molar-refractivity contribution in [2.75, 3.05) is 32.5 Å². The Bertz CT molecular complexity index is 499. The highest BCUT2D eigenvalue weighted by atomic mass is 16.1. The fraction of sp³-hybridized carbons (Fsp3) is 0.600. The SMILES string of the molecule is CNC(=O)c1cc2c(nc1NC(C)C)CCN(C)CC2. The van der Waals surface area contributed by atoms with E-state index >= 15 is 0 Å². The summed E-state index contributed by atoms with van der Waals surface area (Å²) in [7, 11) is 3.78. The predicted octanol–water partition coefficient (Wildman–Crippen LogP) is 1.29. The van der Waals surface area contributed by atoms with Crippen LogP contribution in [0.5, 0.6) is 0 Å². The van der Waals surface area contributed by atoms with E-state index in [0.29, 0.717) is 11.4 Å². The van der Waals surface area contributed by atoms with Crippen LogP contribution in [0, 0.1) is 0 Å². The lowest BCUT2D eigenvalue weighted by atomic mass is 10.0. The van der Waals surface area contributed by atoms with Crippen LogP contribution >= 0.6 is 0 Å². The highest BCUT2D eigenvalue weighted by Gasteiger charge is 2.19. The van der Waals surface area contributed by atoms with Crippen molar-refractivity contribution in [3.05, 3.63) is 22.9 Å². The summed E-state index contributed by atoms with van der Waals surface area (Å²) in [5.41, 5.74) is 2.96. The van der Waals surface area contributed by atoms with Crippen molar-refractivity contribution < 1.29 is 4.79 Å². The van der Waals surface area contributed by atoms with Gasteiger partial charge in [-0.3, -0.25) is 4.79 Å². The first-order valence-corrected chi connectivity index (χ1v) is 7.21. The first-order chi connectivity index (χ1) is 9.51. The van der Waals surface area contributed by atoms with E-state index in [4.69, 9.17) is 4.98 Å². The zero-order valence-electron chi connectivity index (χ0n) is 12.8. The first kappa shape index (κ1) is 14.8. The maximum absolute atomic E-state index is 12.1. The molecule has 5 heteroatoms. The molecule has 1 aromatic heterocycles. The third-order valence-corrected chi connectivity index (χ3v) is 3.58. The Kier molecular flexibility index (Phi) is 4.60. The molecule has 0 saturated carbocycles. The summed E-state index contributed by atoms with van der Waals surface area (Å²) in [5.74, 6) is 0.615. The molecule has 2 heterocycles. The van der Waals surface area contributed by atoms with Gasteiger partial charge < -0.3 is 15.5 Å². The molecular weight excluding hydrogens is 252 g/mol.